The van der Waals surface area contributed by atoms with Crippen molar-refractivity contribution in [3.63, 3.8) is 0 Å². The van der Waals surface area contributed by atoms with Crippen LogP contribution in [0.25, 0.3) is 5.52 Å². The second-order valence-corrected chi connectivity index (χ2v) is 7.86. The zero-order valence-corrected chi connectivity index (χ0v) is 18.8. The third-order valence-electron chi connectivity index (χ3n) is 5.05. The molecule has 0 bridgehead atoms. The van der Waals surface area contributed by atoms with E-state index in [-0.39, 0.29) is 0 Å². The Hall–Kier alpha value is -3.06. The zero-order valence-electron chi connectivity index (χ0n) is 17.2. The number of rotatable bonds is 7. The molecule has 0 aliphatic heterocycles. The fourth-order valence-electron chi connectivity index (χ4n) is 3.50. The van der Waals surface area contributed by atoms with Gasteiger partial charge in [-0.15, -0.1) is 0 Å². The van der Waals surface area contributed by atoms with E-state index in [2.05, 4.69) is 68.2 Å². The average Bonchev–Trinajstić information content (AvgIpc) is 3.08. The molecule has 0 N–H and O–H groups in total. The van der Waals surface area contributed by atoms with Gasteiger partial charge in [0, 0.05) is 13.1 Å². The Bertz CT molecular complexity index is 1090. The number of nitrogens with zero attached hydrogens (tertiary/aromatic N) is 4. The van der Waals surface area contributed by atoms with Crippen LogP contribution in [0.5, 0.6) is 11.5 Å². The molecule has 154 valence electrons. The van der Waals surface area contributed by atoms with E-state index in [9.17, 15) is 0 Å². The molecule has 0 atom stereocenters. The first-order chi connectivity index (χ1) is 14.6. The van der Waals surface area contributed by atoms with Crippen LogP contribution < -0.4 is 14.4 Å². The lowest BCUT2D eigenvalue weighted by atomic mass is 10.1. The number of benzene rings is 2. The van der Waals surface area contributed by atoms with Crippen molar-refractivity contribution in [2.75, 3.05) is 19.1 Å². The third kappa shape index (κ3) is 4.11. The van der Waals surface area contributed by atoms with Crippen LogP contribution >= 0.6 is 15.9 Å². The van der Waals surface area contributed by atoms with Gasteiger partial charge in [-0.05, 0) is 69.9 Å². The van der Waals surface area contributed by atoms with Gasteiger partial charge in [0.15, 0.2) is 5.82 Å². The van der Waals surface area contributed by atoms with Crippen LogP contribution in [0.15, 0.2) is 65.5 Å². The first-order valence-corrected chi connectivity index (χ1v) is 10.4. The molecule has 0 spiro atoms. The lowest BCUT2D eigenvalue weighted by Gasteiger charge is -2.25. The molecule has 7 heteroatoms. The number of methoxy groups -OCH3 is 2. The zero-order chi connectivity index (χ0) is 21.1. The second-order valence-electron chi connectivity index (χ2n) is 7.05. The summed E-state index contributed by atoms with van der Waals surface area (Å²) in [5.41, 5.74) is 4.45. The van der Waals surface area contributed by atoms with Gasteiger partial charge < -0.3 is 14.4 Å². The van der Waals surface area contributed by atoms with Gasteiger partial charge in [-0.3, -0.25) is 0 Å². The molecule has 4 rings (SSSR count). The number of aromatic nitrogens is 3. The normalized spacial score (nSPS) is 10.9. The molecule has 2 aromatic heterocycles. The molecule has 0 aliphatic rings. The fourth-order valence-corrected chi connectivity index (χ4v) is 4.11. The van der Waals surface area contributed by atoms with E-state index in [1.807, 2.05) is 28.8 Å². The number of fused-ring (bicyclic) bond motifs is 1. The van der Waals surface area contributed by atoms with E-state index >= 15 is 0 Å². The summed E-state index contributed by atoms with van der Waals surface area (Å²) < 4.78 is 13.4. The van der Waals surface area contributed by atoms with Crippen LogP contribution in [0, 0.1) is 6.92 Å². The van der Waals surface area contributed by atoms with E-state index in [1.165, 1.54) is 11.1 Å². The number of aryl methyl sites for hydroxylation is 1. The molecule has 2 aromatic carbocycles. The minimum Gasteiger partial charge on any atom is -0.497 e. The van der Waals surface area contributed by atoms with Gasteiger partial charge >= 0.3 is 0 Å². The minimum atomic E-state index is 0.699. The molecule has 30 heavy (non-hydrogen) atoms. The topological polar surface area (TPSA) is 51.9 Å². The maximum Gasteiger partial charge on any atom is 0.157 e. The highest BCUT2D eigenvalue weighted by molar-refractivity contribution is 9.10. The summed E-state index contributed by atoms with van der Waals surface area (Å²) in [6.45, 7) is 3.47. The van der Waals surface area contributed by atoms with Crippen LogP contribution in [0.1, 0.15) is 16.7 Å². The van der Waals surface area contributed by atoms with E-state index < -0.39 is 0 Å². The highest BCUT2D eigenvalue weighted by Crippen LogP contribution is 2.29. The Kier molecular flexibility index (Phi) is 5.90. The van der Waals surface area contributed by atoms with Crippen LogP contribution in [0.4, 0.5) is 5.82 Å². The largest absolute Gasteiger partial charge is 0.497 e. The van der Waals surface area contributed by atoms with Crippen molar-refractivity contribution in [3.8, 4) is 11.5 Å². The van der Waals surface area contributed by atoms with Gasteiger partial charge in [-0.2, -0.15) is 5.10 Å². The summed E-state index contributed by atoms with van der Waals surface area (Å²) in [6.07, 6.45) is 1.60. The Morgan fingerprint density at radius 2 is 1.43 bits per heavy atom. The van der Waals surface area contributed by atoms with E-state index in [0.29, 0.717) is 13.1 Å². The number of ether oxygens (including phenoxy) is 2. The van der Waals surface area contributed by atoms with Crippen LogP contribution in [0.3, 0.4) is 0 Å². The molecule has 0 unspecified atom stereocenters. The second kappa shape index (κ2) is 8.75. The van der Waals surface area contributed by atoms with Gasteiger partial charge in [0.2, 0.25) is 0 Å². The van der Waals surface area contributed by atoms with E-state index in [1.54, 1.807) is 20.5 Å². The van der Waals surface area contributed by atoms with Crippen molar-refractivity contribution in [1.29, 1.82) is 0 Å². The predicted octanol–water partition coefficient (Wildman–Crippen LogP) is 5.02. The first-order valence-electron chi connectivity index (χ1n) is 9.58. The van der Waals surface area contributed by atoms with Crippen molar-refractivity contribution in [3.05, 3.63) is 82.2 Å². The SMILES string of the molecule is COc1ccc(CN(Cc2ccc(OC)cc2)c2ncnn3c(Br)cc(C)c23)cc1. The molecule has 0 saturated heterocycles. The van der Waals surface area contributed by atoms with Gasteiger partial charge in [-0.1, -0.05) is 24.3 Å². The minimum absolute atomic E-state index is 0.699. The molecule has 0 saturated carbocycles. The van der Waals surface area contributed by atoms with Crippen molar-refractivity contribution >= 4 is 27.3 Å². The highest BCUT2D eigenvalue weighted by Gasteiger charge is 2.18. The lowest BCUT2D eigenvalue weighted by Crippen LogP contribution is -2.24. The number of hydrogen-bond acceptors (Lipinski definition) is 5. The standard InChI is InChI=1S/C23H23BrN4O2/c1-16-12-21(24)28-22(16)23(25-15-26-28)27(13-17-4-8-19(29-2)9-5-17)14-18-6-10-20(30-3)11-7-18/h4-12,15H,13-14H2,1-3H3. The Balaban J connectivity index is 1.74. The number of halogens is 1. The van der Waals surface area contributed by atoms with Gasteiger partial charge in [0.1, 0.15) is 27.9 Å². The summed E-state index contributed by atoms with van der Waals surface area (Å²) in [5, 5.41) is 4.40. The number of hydrogen-bond donors (Lipinski definition) is 0. The Labute approximate surface area is 184 Å². The molecule has 0 fully saturated rings. The van der Waals surface area contributed by atoms with Crippen molar-refractivity contribution in [2.45, 2.75) is 20.0 Å². The predicted molar refractivity (Wildman–Crippen MR) is 121 cm³/mol. The summed E-state index contributed by atoms with van der Waals surface area (Å²) in [4.78, 5) is 6.93. The number of anilines is 1. The van der Waals surface area contributed by atoms with Crippen molar-refractivity contribution in [1.82, 2.24) is 14.6 Å². The average molecular weight is 467 g/mol. The van der Waals surface area contributed by atoms with Crippen LogP contribution in [-0.2, 0) is 13.1 Å². The molecule has 0 amide bonds. The molecule has 0 aliphatic carbocycles. The van der Waals surface area contributed by atoms with Crippen LogP contribution in [-0.4, -0.2) is 28.8 Å². The molecule has 0 radical (unpaired) electrons. The third-order valence-corrected chi connectivity index (χ3v) is 5.61. The quantitative estimate of drug-likeness (QED) is 0.382. The Morgan fingerprint density at radius 1 is 0.900 bits per heavy atom. The van der Waals surface area contributed by atoms with Crippen molar-refractivity contribution < 1.29 is 9.47 Å². The molecule has 2 heterocycles. The Morgan fingerprint density at radius 3 is 1.93 bits per heavy atom. The molecular weight excluding hydrogens is 444 g/mol. The molecular formula is C23H23BrN4O2. The molecule has 6 nitrogen and oxygen atoms in total. The van der Waals surface area contributed by atoms with Crippen molar-refractivity contribution in [2.24, 2.45) is 0 Å². The van der Waals surface area contributed by atoms with Crippen LogP contribution in [0.2, 0.25) is 0 Å². The lowest BCUT2D eigenvalue weighted by molar-refractivity contribution is 0.414. The smallest absolute Gasteiger partial charge is 0.157 e. The van der Waals surface area contributed by atoms with E-state index in [0.717, 1.165) is 33.0 Å². The van der Waals surface area contributed by atoms with E-state index in [4.69, 9.17) is 9.47 Å². The summed E-state index contributed by atoms with van der Waals surface area (Å²) in [5.74, 6) is 2.58. The van der Waals surface area contributed by atoms with Gasteiger partial charge in [0.25, 0.3) is 0 Å². The summed E-state index contributed by atoms with van der Waals surface area (Å²) >= 11 is 3.59. The van der Waals surface area contributed by atoms with Gasteiger partial charge in [0.05, 0.1) is 14.2 Å². The molecule has 4 aromatic rings. The highest BCUT2D eigenvalue weighted by atomic mass is 79.9. The van der Waals surface area contributed by atoms with Gasteiger partial charge in [-0.25, -0.2) is 9.50 Å². The summed E-state index contributed by atoms with van der Waals surface area (Å²) in [6, 6.07) is 18.3. The maximum absolute atomic E-state index is 5.30. The first kappa shape index (κ1) is 20.2. The maximum atomic E-state index is 5.30. The monoisotopic (exact) mass is 466 g/mol. The fraction of sp³-hybridized carbons (Fsp3) is 0.217. The summed E-state index contributed by atoms with van der Waals surface area (Å²) in [7, 11) is 3.35.